The Morgan fingerprint density at radius 2 is 1.16 bits per heavy atom. The van der Waals surface area contributed by atoms with Gasteiger partial charge in [0.2, 0.25) is 0 Å². The number of H-pyrrole nitrogens is 1. The lowest BCUT2D eigenvalue weighted by molar-refractivity contribution is -0.137. The standard InChI is InChI=1S/C19H36N4O2/c24-19(25)17-15-13-11-9-7-5-3-1-2-4-6-8-10-12-14-16-18-20-22-23-21-18/h1-17H2,(H,24,25)(H,20,21,22,23). The van der Waals surface area contributed by atoms with Crippen LogP contribution in [-0.4, -0.2) is 31.7 Å². The molecule has 0 aliphatic carbocycles. The number of rotatable bonds is 18. The maximum atomic E-state index is 10.4. The second-order valence-corrected chi connectivity index (χ2v) is 7.03. The SMILES string of the molecule is O=C(O)CCCCCCCCCCCCCCCCCc1nn[nH]n1. The number of unbranched alkanes of at least 4 members (excludes halogenated alkanes) is 14. The van der Waals surface area contributed by atoms with E-state index in [-0.39, 0.29) is 0 Å². The summed E-state index contributed by atoms with van der Waals surface area (Å²) in [7, 11) is 0. The number of aromatic amines is 1. The monoisotopic (exact) mass is 352 g/mol. The zero-order valence-electron chi connectivity index (χ0n) is 15.7. The van der Waals surface area contributed by atoms with Gasteiger partial charge in [-0.15, -0.1) is 10.2 Å². The van der Waals surface area contributed by atoms with Crippen LogP contribution < -0.4 is 0 Å². The van der Waals surface area contributed by atoms with Crippen LogP contribution in [-0.2, 0) is 11.2 Å². The highest BCUT2D eigenvalue weighted by Crippen LogP contribution is 2.14. The van der Waals surface area contributed by atoms with Crippen molar-refractivity contribution in [3.05, 3.63) is 5.82 Å². The molecule has 6 heteroatoms. The maximum Gasteiger partial charge on any atom is 0.303 e. The van der Waals surface area contributed by atoms with Crippen LogP contribution in [0.5, 0.6) is 0 Å². The molecule has 1 aromatic heterocycles. The van der Waals surface area contributed by atoms with Gasteiger partial charge >= 0.3 is 5.97 Å². The van der Waals surface area contributed by atoms with Crippen molar-refractivity contribution in [2.45, 2.75) is 109 Å². The molecule has 1 aromatic rings. The molecular formula is C19H36N4O2. The summed E-state index contributed by atoms with van der Waals surface area (Å²) in [6, 6.07) is 0. The van der Waals surface area contributed by atoms with E-state index in [4.69, 9.17) is 5.11 Å². The van der Waals surface area contributed by atoms with Gasteiger partial charge in [0.1, 0.15) is 0 Å². The van der Waals surface area contributed by atoms with Gasteiger partial charge in [-0.25, -0.2) is 0 Å². The second-order valence-electron chi connectivity index (χ2n) is 7.03. The van der Waals surface area contributed by atoms with Crippen LogP contribution in [0.25, 0.3) is 0 Å². The van der Waals surface area contributed by atoms with Crippen molar-refractivity contribution in [2.75, 3.05) is 0 Å². The molecule has 144 valence electrons. The van der Waals surface area contributed by atoms with E-state index in [1.54, 1.807) is 0 Å². The third kappa shape index (κ3) is 14.6. The van der Waals surface area contributed by atoms with E-state index < -0.39 is 5.97 Å². The highest BCUT2D eigenvalue weighted by Gasteiger charge is 1.98. The normalized spacial score (nSPS) is 11.0. The van der Waals surface area contributed by atoms with E-state index in [0.29, 0.717) is 6.42 Å². The van der Waals surface area contributed by atoms with Gasteiger partial charge in [-0.2, -0.15) is 5.21 Å². The molecule has 0 atom stereocenters. The molecule has 0 saturated heterocycles. The van der Waals surface area contributed by atoms with Gasteiger partial charge in [0.15, 0.2) is 5.82 Å². The lowest BCUT2D eigenvalue weighted by atomic mass is 10.0. The molecule has 0 unspecified atom stereocenters. The highest BCUT2D eigenvalue weighted by molar-refractivity contribution is 5.66. The first-order valence-corrected chi connectivity index (χ1v) is 10.2. The smallest absolute Gasteiger partial charge is 0.303 e. The fraction of sp³-hybridized carbons (Fsp3) is 0.895. The van der Waals surface area contributed by atoms with Gasteiger partial charge in [-0.05, 0) is 12.8 Å². The predicted octanol–water partition coefficient (Wildman–Crippen LogP) is 5.07. The Kier molecular flexibility index (Phi) is 13.8. The third-order valence-electron chi connectivity index (χ3n) is 4.68. The Morgan fingerprint density at radius 3 is 1.56 bits per heavy atom. The highest BCUT2D eigenvalue weighted by atomic mass is 16.4. The van der Waals surface area contributed by atoms with Crippen LogP contribution in [0.4, 0.5) is 0 Å². The Hall–Kier alpha value is -1.46. The number of carboxylic acid groups (broad SMARTS) is 1. The molecule has 0 radical (unpaired) electrons. The first-order chi connectivity index (χ1) is 12.3. The molecule has 6 nitrogen and oxygen atoms in total. The molecule has 0 bridgehead atoms. The number of aryl methyl sites for hydroxylation is 1. The zero-order chi connectivity index (χ0) is 18.0. The van der Waals surface area contributed by atoms with Crippen LogP contribution in [0.1, 0.15) is 109 Å². The second kappa shape index (κ2) is 16.0. The first-order valence-electron chi connectivity index (χ1n) is 10.2. The molecular weight excluding hydrogens is 316 g/mol. The maximum absolute atomic E-state index is 10.4. The van der Waals surface area contributed by atoms with Crippen molar-refractivity contribution >= 4 is 5.97 Å². The van der Waals surface area contributed by atoms with E-state index >= 15 is 0 Å². The summed E-state index contributed by atoms with van der Waals surface area (Å²) in [5.74, 6) is 0.170. The Balaban J connectivity index is 1.67. The van der Waals surface area contributed by atoms with Crippen molar-refractivity contribution in [1.82, 2.24) is 20.6 Å². The largest absolute Gasteiger partial charge is 0.481 e. The topological polar surface area (TPSA) is 91.8 Å². The number of aliphatic carboxylic acids is 1. The van der Waals surface area contributed by atoms with Crippen LogP contribution in [0.3, 0.4) is 0 Å². The molecule has 0 fully saturated rings. The molecule has 25 heavy (non-hydrogen) atoms. The number of carboxylic acids is 1. The number of hydrogen-bond donors (Lipinski definition) is 2. The Morgan fingerprint density at radius 1 is 0.720 bits per heavy atom. The fourth-order valence-corrected chi connectivity index (χ4v) is 3.15. The van der Waals surface area contributed by atoms with Crippen molar-refractivity contribution in [2.24, 2.45) is 0 Å². The quantitative estimate of drug-likeness (QED) is 0.360. The molecule has 2 N–H and O–H groups in total. The summed E-state index contributed by atoms with van der Waals surface area (Å²) in [4.78, 5) is 10.4. The van der Waals surface area contributed by atoms with Gasteiger partial charge < -0.3 is 5.11 Å². The Labute approximate surface area is 152 Å². The van der Waals surface area contributed by atoms with Crippen LogP contribution in [0.2, 0.25) is 0 Å². The summed E-state index contributed by atoms with van der Waals surface area (Å²) >= 11 is 0. The molecule has 1 heterocycles. The van der Waals surface area contributed by atoms with Crippen molar-refractivity contribution < 1.29 is 9.90 Å². The van der Waals surface area contributed by atoms with Gasteiger partial charge in [-0.3, -0.25) is 4.79 Å². The summed E-state index contributed by atoms with van der Waals surface area (Å²) in [5.41, 5.74) is 0. The number of nitrogens with zero attached hydrogens (tertiary/aromatic N) is 3. The molecule has 0 aliphatic rings. The first kappa shape index (κ1) is 21.6. The summed E-state index contributed by atoms with van der Waals surface area (Å²) in [5, 5.41) is 22.5. The number of nitrogens with one attached hydrogen (secondary N) is 1. The van der Waals surface area contributed by atoms with E-state index in [1.165, 1.54) is 77.0 Å². The number of hydrogen-bond acceptors (Lipinski definition) is 4. The van der Waals surface area contributed by atoms with Crippen LogP contribution in [0, 0.1) is 0 Å². The molecule has 0 spiro atoms. The van der Waals surface area contributed by atoms with Gasteiger partial charge in [0.05, 0.1) is 0 Å². The molecule has 0 saturated carbocycles. The average molecular weight is 353 g/mol. The Bertz CT molecular complexity index is 410. The van der Waals surface area contributed by atoms with Crippen LogP contribution >= 0.6 is 0 Å². The third-order valence-corrected chi connectivity index (χ3v) is 4.68. The van der Waals surface area contributed by atoms with Gasteiger partial charge in [0, 0.05) is 12.8 Å². The molecule has 0 aliphatic heterocycles. The minimum absolute atomic E-state index is 0.332. The van der Waals surface area contributed by atoms with E-state index in [1.807, 2.05) is 0 Å². The zero-order valence-corrected chi connectivity index (χ0v) is 15.7. The summed E-state index contributed by atoms with van der Waals surface area (Å²) < 4.78 is 0. The molecule has 0 aromatic carbocycles. The lowest BCUT2D eigenvalue weighted by Crippen LogP contribution is -1.93. The summed E-state index contributed by atoms with van der Waals surface area (Å²) in [6.07, 6.45) is 20.2. The fourth-order valence-electron chi connectivity index (χ4n) is 3.15. The van der Waals surface area contributed by atoms with Crippen LogP contribution in [0.15, 0.2) is 0 Å². The van der Waals surface area contributed by atoms with Crippen molar-refractivity contribution in [1.29, 1.82) is 0 Å². The van der Waals surface area contributed by atoms with E-state index in [9.17, 15) is 4.79 Å². The predicted molar refractivity (Wildman–Crippen MR) is 99.4 cm³/mol. The van der Waals surface area contributed by atoms with Gasteiger partial charge in [-0.1, -0.05) is 88.7 Å². The van der Waals surface area contributed by atoms with E-state index in [0.717, 1.165) is 31.5 Å². The molecule has 1 rings (SSSR count). The average Bonchev–Trinajstić information content (AvgIpc) is 3.11. The van der Waals surface area contributed by atoms with Gasteiger partial charge in [0.25, 0.3) is 0 Å². The van der Waals surface area contributed by atoms with Crippen molar-refractivity contribution in [3.8, 4) is 0 Å². The van der Waals surface area contributed by atoms with E-state index in [2.05, 4.69) is 20.6 Å². The summed E-state index contributed by atoms with van der Waals surface area (Å²) in [6.45, 7) is 0. The number of aromatic nitrogens is 4. The number of tetrazole rings is 1. The van der Waals surface area contributed by atoms with Crippen molar-refractivity contribution in [3.63, 3.8) is 0 Å². The molecule has 0 amide bonds. The number of carbonyl (C=O) groups is 1. The minimum Gasteiger partial charge on any atom is -0.481 e. The minimum atomic E-state index is -0.663. The lowest BCUT2D eigenvalue weighted by Gasteiger charge is -2.03.